The second-order valence-electron chi connectivity index (χ2n) is 12.2. The Morgan fingerprint density at radius 1 is 0.380 bits per heavy atom. The lowest BCUT2D eigenvalue weighted by Crippen LogP contribution is -2.01. The summed E-state index contributed by atoms with van der Waals surface area (Å²) in [6.45, 7) is 0. The lowest BCUT2D eigenvalue weighted by molar-refractivity contribution is 0.668. The molecule has 50 heavy (non-hydrogen) atoms. The first-order valence-electron chi connectivity index (χ1n) is 16.5. The van der Waals surface area contributed by atoms with Gasteiger partial charge in [0.05, 0.1) is 0 Å². The predicted octanol–water partition coefficient (Wildman–Crippen LogP) is 11.4. The fourth-order valence-corrected chi connectivity index (χ4v) is 6.92. The van der Waals surface area contributed by atoms with Crippen molar-refractivity contribution in [1.29, 1.82) is 0 Å². The van der Waals surface area contributed by atoms with Crippen molar-refractivity contribution in [2.24, 2.45) is 0 Å². The first-order valence-corrected chi connectivity index (χ1v) is 16.5. The molecule has 4 heterocycles. The predicted molar refractivity (Wildman–Crippen MR) is 199 cm³/mol. The van der Waals surface area contributed by atoms with Crippen molar-refractivity contribution in [2.75, 3.05) is 0 Å². The number of pyridine rings is 1. The van der Waals surface area contributed by atoms with Gasteiger partial charge in [-0.15, -0.1) is 0 Å². The number of hydrogen-bond acceptors (Lipinski definition) is 6. The molecule has 0 aliphatic carbocycles. The molecule has 4 aromatic heterocycles. The summed E-state index contributed by atoms with van der Waals surface area (Å²) in [4.78, 5) is 19.7. The smallest absolute Gasteiger partial charge is 0.164 e. The van der Waals surface area contributed by atoms with E-state index in [1.165, 1.54) is 0 Å². The Hall–Kier alpha value is -6.92. The first kappa shape index (κ1) is 28.1. The number of fused-ring (bicyclic) bond motifs is 6. The van der Waals surface area contributed by atoms with Crippen molar-refractivity contribution in [3.05, 3.63) is 158 Å². The van der Waals surface area contributed by atoms with Crippen molar-refractivity contribution in [2.45, 2.75) is 0 Å². The molecule has 0 saturated heterocycles. The molecule has 0 atom stereocenters. The van der Waals surface area contributed by atoms with Gasteiger partial charge in [0, 0.05) is 61.8 Å². The number of rotatable bonds is 5. The number of furan rings is 2. The monoisotopic (exact) mass is 642 g/mol. The van der Waals surface area contributed by atoms with Crippen LogP contribution in [0.2, 0.25) is 0 Å². The molecule has 10 rings (SSSR count). The maximum Gasteiger partial charge on any atom is 0.164 e. The maximum absolute atomic E-state index is 6.69. The van der Waals surface area contributed by atoms with Gasteiger partial charge in [-0.25, -0.2) is 15.0 Å². The zero-order valence-corrected chi connectivity index (χ0v) is 26.6. The fourth-order valence-electron chi connectivity index (χ4n) is 6.92. The number of aromatic nitrogens is 4. The van der Waals surface area contributed by atoms with Crippen molar-refractivity contribution in [3.8, 4) is 56.4 Å². The van der Waals surface area contributed by atoms with Crippen molar-refractivity contribution >= 4 is 43.9 Å². The Morgan fingerprint density at radius 3 is 1.84 bits per heavy atom. The SMILES string of the molecule is c1ccc(-c2nc(-c3ccccc3-c3cccnc3)nc(-c3ccc(-c4ccc5oc6ccccc6c5c4)c4oc5ccccc5c34)n2)cc1. The van der Waals surface area contributed by atoms with Gasteiger partial charge in [-0.05, 0) is 53.6 Å². The van der Waals surface area contributed by atoms with Gasteiger partial charge in [0.15, 0.2) is 17.5 Å². The van der Waals surface area contributed by atoms with Crippen LogP contribution in [0, 0.1) is 0 Å². The van der Waals surface area contributed by atoms with Gasteiger partial charge in [-0.3, -0.25) is 4.98 Å². The van der Waals surface area contributed by atoms with Crippen LogP contribution in [0.3, 0.4) is 0 Å². The quantitative estimate of drug-likeness (QED) is 0.186. The molecular weight excluding hydrogens is 617 g/mol. The van der Waals surface area contributed by atoms with Crippen LogP contribution in [0.15, 0.2) is 167 Å². The molecule has 10 aromatic rings. The Balaban J connectivity index is 1.23. The third-order valence-corrected chi connectivity index (χ3v) is 9.26. The zero-order valence-electron chi connectivity index (χ0n) is 26.6. The van der Waals surface area contributed by atoms with Crippen LogP contribution in [-0.2, 0) is 0 Å². The summed E-state index contributed by atoms with van der Waals surface area (Å²) >= 11 is 0. The molecule has 0 radical (unpaired) electrons. The van der Waals surface area contributed by atoms with Crippen LogP contribution in [-0.4, -0.2) is 19.9 Å². The van der Waals surface area contributed by atoms with E-state index in [0.717, 1.165) is 82.8 Å². The largest absolute Gasteiger partial charge is 0.456 e. The number of benzene rings is 6. The lowest BCUT2D eigenvalue weighted by Gasteiger charge is -2.13. The number of nitrogens with zero attached hydrogens (tertiary/aromatic N) is 4. The molecule has 0 aliphatic heterocycles. The van der Waals surface area contributed by atoms with Crippen LogP contribution in [0.5, 0.6) is 0 Å². The highest BCUT2D eigenvalue weighted by Crippen LogP contribution is 2.43. The minimum atomic E-state index is 0.564. The van der Waals surface area contributed by atoms with E-state index >= 15 is 0 Å². The highest BCUT2D eigenvalue weighted by Gasteiger charge is 2.22. The zero-order chi connectivity index (χ0) is 33.0. The minimum absolute atomic E-state index is 0.564. The Labute approximate surface area is 286 Å². The van der Waals surface area contributed by atoms with E-state index in [-0.39, 0.29) is 0 Å². The molecular formula is C44H26N4O2. The van der Waals surface area contributed by atoms with E-state index in [2.05, 4.69) is 59.6 Å². The molecule has 0 aliphatic rings. The van der Waals surface area contributed by atoms with Crippen LogP contribution < -0.4 is 0 Å². The Morgan fingerprint density at radius 2 is 1.02 bits per heavy atom. The second kappa shape index (κ2) is 11.4. The summed E-state index contributed by atoms with van der Waals surface area (Å²) < 4.78 is 12.8. The van der Waals surface area contributed by atoms with E-state index < -0.39 is 0 Å². The topological polar surface area (TPSA) is 77.8 Å². The number of para-hydroxylation sites is 2. The average molecular weight is 643 g/mol. The van der Waals surface area contributed by atoms with Crippen LogP contribution in [0.25, 0.3) is 100 Å². The van der Waals surface area contributed by atoms with E-state index in [4.69, 9.17) is 23.8 Å². The average Bonchev–Trinajstić information content (AvgIpc) is 3.77. The molecule has 234 valence electrons. The highest BCUT2D eigenvalue weighted by atomic mass is 16.3. The standard InChI is InChI=1S/C44H26N4O2/c1-2-11-27(12-3-1)42-46-43(33-16-5-4-14-30(33)29-13-10-24-45-26-29)48-44(47-42)35-22-21-31(41-40(35)34-17-7-9-19-38(34)50-41)28-20-23-39-36(25-28)32-15-6-8-18-37(32)49-39/h1-26H. The summed E-state index contributed by atoms with van der Waals surface area (Å²) in [5, 5.41) is 4.09. The second-order valence-corrected chi connectivity index (χ2v) is 12.2. The van der Waals surface area contributed by atoms with Crippen molar-refractivity contribution < 1.29 is 8.83 Å². The van der Waals surface area contributed by atoms with Crippen LogP contribution in [0.1, 0.15) is 0 Å². The fraction of sp³-hybridized carbons (Fsp3) is 0. The molecule has 6 aromatic carbocycles. The third-order valence-electron chi connectivity index (χ3n) is 9.26. The Bertz CT molecular complexity index is 2880. The third kappa shape index (κ3) is 4.58. The molecule has 6 heteroatoms. The molecule has 6 nitrogen and oxygen atoms in total. The normalized spacial score (nSPS) is 11.6. The summed E-state index contributed by atoms with van der Waals surface area (Å²) in [5.41, 5.74) is 9.95. The molecule has 0 saturated carbocycles. The molecule has 0 bridgehead atoms. The van der Waals surface area contributed by atoms with E-state index in [0.29, 0.717) is 17.5 Å². The molecule has 0 spiro atoms. The van der Waals surface area contributed by atoms with Crippen LogP contribution >= 0.6 is 0 Å². The van der Waals surface area contributed by atoms with Gasteiger partial charge in [0.1, 0.15) is 22.3 Å². The number of hydrogen-bond donors (Lipinski definition) is 0. The van der Waals surface area contributed by atoms with Gasteiger partial charge in [0.2, 0.25) is 0 Å². The van der Waals surface area contributed by atoms with Gasteiger partial charge >= 0.3 is 0 Å². The Kier molecular flexibility index (Phi) is 6.39. The van der Waals surface area contributed by atoms with Crippen molar-refractivity contribution in [1.82, 2.24) is 19.9 Å². The maximum atomic E-state index is 6.69. The van der Waals surface area contributed by atoms with E-state index in [1.54, 1.807) is 6.20 Å². The van der Waals surface area contributed by atoms with Crippen LogP contribution in [0.4, 0.5) is 0 Å². The molecule has 0 amide bonds. The highest BCUT2D eigenvalue weighted by molar-refractivity contribution is 6.16. The van der Waals surface area contributed by atoms with Gasteiger partial charge in [-0.2, -0.15) is 0 Å². The summed E-state index contributed by atoms with van der Waals surface area (Å²) in [5.74, 6) is 1.73. The summed E-state index contributed by atoms with van der Waals surface area (Å²) in [6, 6.07) is 49.0. The van der Waals surface area contributed by atoms with E-state index in [1.807, 2.05) is 97.2 Å². The van der Waals surface area contributed by atoms with Gasteiger partial charge < -0.3 is 8.83 Å². The molecule has 0 unspecified atom stereocenters. The summed E-state index contributed by atoms with van der Waals surface area (Å²) in [7, 11) is 0. The van der Waals surface area contributed by atoms with E-state index in [9.17, 15) is 0 Å². The molecule has 0 fully saturated rings. The van der Waals surface area contributed by atoms with Crippen molar-refractivity contribution in [3.63, 3.8) is 0 Å². The molecule has 0 N–H and O–H groups in total. The summed E-state index contributed by atoms with van der Waals surface area (Å²) in [6.07, 6.45) is 3.64. The lowest BCUT2D eigenvalue weighted by atomic mass is 9.96. The first-order chi connectivity index (χ1) is 24.8. The van der Waals surface area contributed by atoms with Gasteiger partial charge in [0.25, 0.3) is 0 Å². The minimum Gasteiger partial charge on any atom is -0.456 e. The van der Waals surface area contributed by atoms with Gasteiger partial charge in [-0.1, -0.05) is 103 Å².